The van der Waals surface area contributed by atoms with E-state index in [1.165, 1.54) is 5.39 Å². The molecule has 0 spiro atoms. The Balaban J connectivity index is 1.45. The van der Waals surface area contributed by atoms with Crippen LogP contribution in [0.2, 0.25) is 0 Å². The summed E-state index contributed by atoms with van der Waals surface area (Å²) in [5, 5.41) is 6.65. The standard InChI is InChI=1S/C43H27N3/c1-3-13-30(14-4-1)38-27-39(31-17-5-2-6-18-31)44-41-35(38)25-26-37-40(34-23-11-19-28-15-7-9-21-32(28)34)45-43(46-42(37)41)36-24-12-20-29-16-8-10-22-33(29)36/h1-27H. The fourth-order valence-electron chi connectivity index (χ4n) is 6.67. The molecule has 0 unspecified atom stereocenters. The van der Waals surface area contributed by atoms with Crippen molar-refractivity contribution < 1.29 is 0 Å². The predicted octanol–water partition coefficient (Wildman–Crippen LogP) is 11.2. The summed E-state index contributed by atoms with van der Waals surface area (Å²) in [6, 6.07) is 57.3. The van der Waals surface area contributed by atoms with Crippen molar-refractivity contribution in [3.05, 3.63) is 164 Å². The SMILES string of the molecule is c1ccc(-c2cc(-c3ccccc3)c3ccc4c(-c5cccc6ccccc56)nc(-c5cccc6ccccc56)nc4c3n2)cc1. The molecule has 9 rings (SSSR count). The first-order valence-corrected chi connectivity index (χ1v) is 15.5. The molecule has 3 nitrogen and oxygen atoms in total. The number of pyridine rings is 1. The van der Waals surface area contributed by atoms with Crippen LogP contribution >= 0.6 is 0 Å². The topological polar surface area (TPSA) is 38.7 Å². The molecular formula is C43H27N3. The van der Waals surface area contributed by atoms with Crippen molar-refractivity contribution in [1.82, 2.24) is 15.0 Å². The highest BCUT2D eigenvalue weighted by molar-refractivity contribution is 6.14. The summed E-state index contributed by atoms with van der Waals surface area (Å²) < 4.78 is 0. The quantitative estimate of drug-likeness (QED) is 0.193. The molecule has 7 aromatic carbocycles. The molecule has 0 saturated heterocycles. The summed E-state index contributed by atoms with van der Waals surface area (Å²) >= 11 is 0. The Morgan fingerprint density at radius 1 is 0.326 bits per heavy atom. The fraction of sp³-hybridized carbons (Fsp3) is 0. The van der Waals surface area contributed by atoms with E-state index in [1.54, 1.807) is 0 Å². The Hall–Kier alpha value is -6.19. The minimum Gasteiger partial charge on any atom is -0.245 e. The van der Waals surface area contributed by atoms with Crippen LogP contribution in [0.4, 0.5) is 0 Å². The van der Waals surface area contributed by atoms with Crippen LogP contribution in [0.25, 0.3) is 88.4 Å². The first-order valence-electron chi connectivity index (χ1n) is 15.5. The lowest BCUT2D eigenvalue weighted by atomic mass is 9.95. The van der Waals surface area contributed by atoms with E-state index in [1.807, 2.05) is 6.07 Å². The van der Waals surface area contributed by atoms with Crippen LogP contribution in [0.5, 0.6) is 0 Å². The monoisotopic (exact) mass is 585 g/mol. The molecule has 0 amide bonds. The molecule has 0 bridgehead atoms. The molecule has 0 atom stereocenters. The summed E-state index contributed by atoms with van der Waals surface area (Å²) in [6.45, 7) is 0. The van der Waals surface area contributed by atoms with Crippen LogP contribution in [0.1, 0.15) is 0 Å². The average molecular weight is 586 g/mol. The first-order chi connectivity index (χ1) is 22.8. The lowest BCUT2D eigenvalue weighted by Crippen LogP contribution is -1.99. The zero-order valence-electron chi connectivity index (χ0n) is 24.9. The van der Waals surface area contributed by atoms with Crippen molar-refractivity contribution in [3.63, 3.8) is 0 Å². The molecule has 2 aromatic heterocycles. The maximum Gasteiger partial charge on any atom is 0.161 e. The van der Waals surface area contributed by atoms with Crippen molar-refractivity contribution in [1.29, 1.82) is 0 Å². The van der Waals surface area contributed by atoms with Gasteiger partial charge in [0.15, 0.2) is 5.82 Å². The highest BCUT2D eigenvalue weighted by Crippen LogP contribution is 2.40. The molecular weight excluding hydrogens is 558 g/mol. The number of benzene rings is 7. The predicted molar refractivity (Wildman–Crippen MR) is 192 cm³/mol. The average Bonchev–Trinajstić information content (AvgIpc) is 3.14. The van der Waals surface area contributed by atoms with Gasteiger partial charge in [-0.3, -0.25) is 0 Å². The van der Waals surface area contributed by atoms with Crippen molar-refractivity contribution in [2.24, 2.45) is 0 Å². The van der Waals surface area contributed by atoms with E-state index in [-0.39, 0.29) is 0 Å². The van der Waals surface area contributed by atoms with Crippen LogP contribution in [0, 0.1) is 0 Å². The number of hydrogen-bond acceptors (Lipinski definition) is 3. The number of aromatic nitrogens is 3. The Bertz CT molecular complexity index is 2560. The second-order valence-electron chi connectivity index (χ2n) is 11.6. The van der Waals surface area contributed by atoms with E-state index in [9.17, 15) is 0 Å². The summed E-state index contributed by atoms with van der Waals surface area (Å²) in [4.78, 5) is 16.1. The Morgan fingerprint density at radius 2 is 0.870 bits per heavy atom. The van der Waals surface area contributed by atoms with Crippen molar-refractivity contribution >= 4 is 43.4 Å². The van der Waals surface area contributed by atoms with Crippen LogP contribution < -0.4 is 0 Å². The van der Waals surface area contributed by atoms with Crippen molar-refractivity contribution in [3.8, 4) is 45.0 Å². The van der Waals surface area contributed by atoms with Gasteiger partial charge in [0.2, 0.25) is 0 Å². The van der Waals surface area contributed by atoms with Gasteiger partial charge in [0.05, 0.1) is 16.9 Å². The number of fused-ring (bicyclic) bond motifs is 5. The van der Waals surface area contributed by atoms with Gasteiger partial charge in [0.25, 0.3) is 0 Å². The van der Waals surface area contributed by atoms with Gasteiger partial charge in [-0.15, -0.1) is 0 Å². The molecule has 0 aliphatic heterocycles. The van der Waals surface area contributed by atoms with Crippen molar-refractivity contribution in [2.45, 2.75) is 0 Å². The van der Waals surface area contributed by atoms with E-state index in [0.717, 1.165) is 77.2 Å². The van der Waals surface area contributed by atoms with E-state index < -0.39 is 0 Å². The molecule has 0 fully saturated rings. The highest BCUT2D eigenvalue weighted by atomic mass is 14.9. The Labute approximate surface area is 266 Å². The Morgan fingerprint density at radius 3 is 1.59 bits per heavy atom. The zero-order valence-corrected chi connectivity index (χ0v) is 24.9. The van der Waals surface area contributed by atoms with Crippen LogP contribution in [0.15, 0.2) is 164 Å². The number of hydrogen-bond donors (Lipinski definition) is 0. The molecule has 0 saturated carbocycles. The summed E-state index contributed by atoms with van der Waals surface area (Å²) in [7, 11) is 0. The molecule has 0 aliphatic carbocycles. The molecule has 3 heteroatoms. The van der Waals surface area contributed by atoms with E-state index in [2.05, 4.69) is 158 Å². The number of nitrogens with zero attached hydrogens (tertiary/aromatic N) is 3. The summed E-state index contributed by atoms with van der Waals surface area (Å²) in [5.74, 6) is 0.688. The van der Waals surface area contributed by atoms with Gasteiger partial charge in [-0.2, -0.15) is 0 Å². The van der Waals surface area contributed by atoms with Gasteiger partial charge in [0, 0.05) is 27.5 Å². The molecule has 0 N–H and O–H groups in total. The lowest BCUT2D eigenvalue weighted by Gasteiger charge is -2.16. The third-order valence-corrected chi connectivity index (χ3v) is 8.87. The second kappa shape index (κ2) is 10.8. The highest BCUT2D eigenvalue weighted by Gasteiger charge is 2.19. The molecule has 0 aliphatic rings. The third-order valence-electron chi connectivity index (χ3n) is 8.87. The van der Waals surface area contributed by atoms with Gasteiger partial charge < -0.3 is 0 Å². The minimum atomic E-state index is 0.688. The smallest absolute Gasteiger partial charge is 0.161 e. The van der Waals surface area contributed by atoms with Gasteiger partial charge >= 0.3 is 0 Å². The van der Waals surface area contributed by atoms with Gasteiger partial charge in [0.1, 0.15) is 5.52 Å². The van der Waals surface area contributed by atoms with Gasteiger partial charge in [-0.25, -0.2) is 15.0 Å². The fourth-order valence-corrected chi connectivity index (χ4v) is 6.67. The summed E-state index contributed by atoms with van der Waals surface area (Å²) in [6.07, 6.45) is 0. The van der Waals surface area contributed by atoms with Crippen LogP contribution in [-0.4, -0.2) is 15.0 Å². The van der Waals surface area contributed by atoms with Gasteiger partial charge in [-0.1, -0.05) is 152 Å². The van der Waals surface area contributed by atoms with Crippen LogP contribution in [-0.2, 0) is 0 Å². The normalized spacial score (nSPS) is 11.5. The largest absolute Gasteiger partial charge is 0.245 e. The molecule has 46 heavy (non-hydrogen) atoms. The maximum atomic E-state index is 5.39. The van der Waals surface area contributed by atoms with E-state index >= 15 is 0 Å². The summed E-state index contributed by atoms with van der Waals surface area (Å²) in [5.41, 5.74) is 8.94. The Kier molecular flexibility index (Phi) is 6.14. The molecule has 9 aromatic rings. The van der Waals surface area contributed by atoms with Crippen LogP contribution in [0.3, 0.4) is 0 Å². The van der Waals surface area contributed by atoms with E-state index in [0.29, 0.717) is 5.82 Å². The second-order valence-corrected chi connectivity index (χ2v) is 11.6. The maximum absolute atomic E-state index is 5.39. The zero-order chi connectivity index (χ0) is 30.5. The van der Waals surface area contributed by atoms with E-state index in [4.69, 9.17) is 15.0 Å². The van der Waals surface area contributed by atoms with Gasteiger partial charge in [-0.05, 0) is 44.8 Å². The minimum absolute atomic E-state index is 0.688. The molecule has 0 radical (unpaired) electrons. The lowest BCUT2D eigenvalue weighted by molar-refractivity contribution is 1.24. The third kappa shape index (κ3) is 4.33. The molecule has 2 heterocycles. The first kappa shape index (κ1) is 26.2. The van der Waals surface area contributed by atoms with Crippen molar-refractivity contribution in [2.75, 3.05) is 0 Å². The molecule has 214 valence electrons. The number of rotatable bonds is 4.